The molecular weight excluding hydrogens is 628 g/mol. The van der Waals surface area contributed by atoms with E-state index in [1.165, 1.54) is 12.1 Å². The lowest BCUT2D eigenvalue weighted by atomic mass is 9.94. The summed E-state index contributed by atoms with van der Waals surface area (Å²) in [5.41, 5.74) is 2.68. The van der Waals surface area contributed by atoms with Crippen molar-refractivity contribution in [2.45, 2.75) is 82.2 Å². The summed E-state index contributed by atoms with van der Waals surface area (Å²) in [6, 6.07) is 32.9. The zero-order chi connectivity index (χ0) is 34.6. The molecule has 4 aromatic rings. The van der Waals surface area contributed by atoms with Crippen LogP contribution in [-0.4, -0.2) is 44.4 Å². The van der Waals surface area contributed by atoms with Gasteiger partial charge in [0.25, 0.3) is 10.1 Å². The van der Waals surface area contributed by atoms with Crippen LogP contribution in [0.15, 0.2) is 120 Å². The summed E-state index contributed by atoms with van der Waals surface area (Å²) in [4.78, 5) is 26.3. The SMILES string of the molecule is Cc1ccc(S(=O)(=O)OC(CC(Cc2ccccc2)NC(=O)OC(C)(C)C)C(Cc2ccccc2)NC(=O)OCc2ccccc2)cc1. The molecular formula is C38H44N2O7S. The molecule has 0 fully saturated rings. The number of carbonyl (C=O) groups excluding carboxylic acids is 2. The summed E-state index contributed by atoms with van der Waals surface area (Å²) in [5, 5.41) is 5.81. The lowest BCUT2D eigenvalue weighted by molar-refractivity contribution is 0.0478. The second kappa shape index (κ2) is 16.9. The van der Waals surface area contributed by atoms with E-state index < -0.39 is 46.1 Å². The van der Waals surface area contributed by atoms with Gasteiger partial charge < -0.3 is 20.1 Å². The summed E-state index contributed by atoms with van der Waals surface area (Å²) in [7, 11) is -4.32. The van der Waals surface area contributed by atoms with E-state index in [9.17, 15) is 18.0 Å². The van der Waals surface area contributed by atoms with Crippen LogP contribution in [0.4, 0.5) is 9.59 Å². The van der Waals surface area contributed by atoms with Gasteiger partial charge >= 0.3 is 12.2 Å². The highest BCUT2D eigenvalue weighted by molar-refractivity contribution is 7.86. The van der Waals surface area contributed by atoms with E-state index in [0.717, 1.165) is 22.3 Å². The van der Waals surface area contributed by atoms with Gasteiger partial charge in [-0.25, -0.2) is 9.59 Å². The Morgan fingerprint density at radius 1 is 0.688 bits per heavy atom. The van der Waals surface area contributed by atoms with Gasteiger partial charge in [0.15, 0.2) is 0 Å². The summed E-state index contributed by atoms with van der Waals surface area (Å²) < 4.78 is 44.7. The number of rotatable bonds is 14. The van der Waals surface area contributed by atoms with Crippen molar-refractivity contribution in [2.24, 2.45) is 0 Å². The molecule has 0 aliphatic heterocycles. The average Bonchev–Trinajstić information content (AvgIpc) is 3.04. The highest BCUT2D eigenvalue weighted by Gasteiger charge is 2.34. The quantitative estimate of drug-likeness (QED) is 0.137. The van der Waals surface area contributed by atoms with E-state index in [-0.39, 0.29) is 24.3 Å². The predicted molar refractivity (Wildman–Crippen MR) is 185 cm³/mol. The van der Waals surface area contributed by atoms with Gasteiger partial charge in [-0.1, -0.05) is 109 Å². The summed E-state index contributed by atoms with van der Waals surface area (Å²) in [6.45, 7) is 7.17. The minimum atomic E-state index is -4.32. The smallest absolute Gasteiger partial charge is 0.407 e. The molecule has 0 saturated carbocycles. The molecule has 9 nitrogen and oxygen atoms in total. The molecule has 0 saturated heterocycles. The first-order valence-corrected chi connectivity index (χ1v) is 17.3. The monoisotopic (exact) mass is 672 g/mol. The molecule has 3 unspecified atom stereocenters. The van der Waals surface area contributed by atoms with Crippen LogP contribution in [0.5, 0.6) is 0 Å². The van der Waals surface area contributed by atoms with Crippen LogP contribution >= 0.6 is 0 Å². The molecule has 3 atom stereocenters. The molecule has 0 aromatic heterocycles. The van der Waals surface area contributed by atoms with Gasteiger partial charge in [0.2, 0.25) is 0 Å². The van der Waals surface area contributed by atoms with E-state index in [0.29, 0.717) is 6.42 Å². The molecule has 10 heteroatoms. The maximum Gasteiger partial charge on any atom is 0.407 e. The molecule has 48 heavy (non-hydrogen) atoms. The third-order valence-corrected chi connectivity index (χ3v) is 8.74. The zero-order valence-corrected chi connectivity index (χ0v) is 28.6. The van der Waals surface area contributed by atoms with E-state index >= 15 is 0 Å². The van der Waals surface area contributed by atoms with Crippen LogP contribution in [0.2, 0.25) is 0 Å². The Hall–Kier alpha value is -4.67. The standard InChI is InChI=1S/C38H44N2O7S/c1-28-20-22-33(23-21-28)48(43,44)47-35(26-32(24-29-14-8-5-9-15-29)39-37(42)46-38(2,3)4)34(25-30-16-10-6-11-17-30)40-36(41)45-27-31-18-12-7-13-19-31/h5-23,32,34-35H,24-27H2,1-4H3,(H,39,42)(H,40,41). The zero-order valence-electron chi connectivity index (χ0n) is 27.8. The maximum atomic E-state index is 13.8. The minimum absolute atomic E-state index is 0.00962. The number of ether oxygens (including phenoxy) is 2. The van der Waals surface area contributed by atoms with Gasteiger partial charge in [0, 0.05) is 6.04 Å². The van der Waals surface area contributed by atoms with Crippen LogP contribution in [0.25, 0.3) is 0 Å². The van der Waals surface area contributed by atoms with Crippen LogP contribution < -0.4 is 10.6 Å². The second-order valence-electron chi connectivity index (χ2n) is 12.7. The lowest BCUT2D eigenvalue weighted by Gasteiger charge is -2.31. The Bertz CT molecular complexity index is 1690. The van der Waals surface area contributed by atoms with E-state index in [1.54, 1.807) is 32.9 Å². The van der Waals surface area contributed by atoms with Crippen LogP contribution in [0.3, 0.4) is 0 Å². The molecule has 0 spiro atoms. The topological polar surface area (TPSA) is 120 Å². The third-order valence-electron chi connectivity index (χ3n) is 7.39. The Labute approximate surface area is 283 Å². The van der Waals surface area contributed by atoms with Crippen LogP contribution in [-0.2, 0) is 43.2 Å². The molecule has 2 amide bonds. The molecule has 254 valence electrons. The first kappa shape index (κ1) is 36.2. The number of alkyl carbamates (subject to hydrolysis) is 2. The van der Waals surface area contributed by atoms with Crippen molar-refractivity contribution < 1.29 is 31.7 Å². The van der Waals surface area contributed by atoms with Crippen molar-refractivity contribution in [1.82, 2.24) is 10.6 Å². The van der Waals surface area contributed by atoms with E-state index in [4.69, 9.17) is 13.7 Å². The van der Waals surface area contributed by atoms with Crippen molar-refractivity contribution in [2.75, 3.05) is 0 Å². The fraction of sp³-hybridized carbons (Fsp3) is 0.316. The minimum Gasteiger partial charge on any atom is -0.445 e. The summed E-state index contributed by atoms with van der Waals surface area (Å²) >= 11 is 0. The number of hydrogen-bond acceptors (Lipinski definition) is 7. The first-order valence-electron chi connectivity index (χ1n) is 15.9. The number of nitrogens with one attached hydrogen (secondary N) is 2. The largest absolute Gasteiger partial charge is 0.445 e. The van der Waals surface area contributed by atoms with Crippen molar-refractivity contribution in [1.29, 1.82) is 0 Å². The highest BCUT2D eigenvalue weighted by Crippen LogP contribution is 2.23. The van der Waals surface area contributed by atoms with Crippen LogP contribution in [0, 0.1) is 6.92 Å². The maximum absolute atomic E-state index is 13.8. The number of benzene rings is 4. The third kappa shape index (κ3) is 12.2. The summed E-state index contributed by atoms with van der Waals surface area (Å²) in [5.74, 6) is 0. The van der Waals surface area contributed by atoms with Gasteiger partial charge in [-0.2, -0.15) is 8.42 Å². The molecule has 0 bridgehead atoms. The van der Waals surface area contributed by atoms with Crippen molar-refractivity contribution >= 4 is 22.3 Å². The number of aryl methyl sites for hydroxylation is 1. The van der Waals surface area contributed by atoms with E-state index in [2.05, 4.69) is 10.6 Å². The Kier molecular flexibility index (Phi) is 12.8. The van der Waals surface area contributed by atoms with Crippen molar-refractivity contribution in [3.63, 3.8) is 0 Å². The van der Waals surface area contributed by atoms with Gasteiger partial charge in [-0.15, -0.1) is 0 Å². The number of amides is 2. The Morgan fingerprint density at radius 2 is 1.21 bits per heavy atom. The summed E-state index contributed by atoms with van der Waals surface area (Å²) in [6.07, 6.45) is -1.94. The Balaban J connectivity index is 1.70. The second-order valence-corrected chi connectivity index (χ2v) is 14.2. The molecule has 0 aliphatic carbocycles. The van der Waals surface area contributed by atoms with Gasteiger partial charge in [-0.05, 0) is 75.8 Å². The molecule has 2 N–H and O–H groups in total. The number of hydrogen-bond donors (Lipinski definition) is 2. The lowest BCUT2D eigenvalue weighted by Crippen LogP contribution is -2.50. The molecule has 0 radical (unpaired) electrons. The normalized spacial score (nSPS) is 13.5. The molecule has 0 heterocycles. The molecule has 0 aliphatic rings. The van der Waals surface area contributed by atoms with Crippen molar-refractivity contribution in [3.8, 4) is 0 Å². The van der Waals surface area contributed by atoms with E-state index in [1.807, 2.05) is 97.9 Å². The van der Waals surface area contributed by atoms with Gasteiger partial charge in [0.1, 0.15) is 12.2 Å². The molecule has 4 aromatic carbocycles. The van der Waals surface area contributed by atoms with Gasteiger partial charge in [-0.3, -0.25) is 4.18 Å². The fourth-order valence-corrected chi connectivity index (χ4v) is 6.22. The van der Waals surface area contributed by atoms with Crippen molar-refractivity contribution in [3.05, 3.63) is 138 Å². The molecule has 4 rings (SSSR count). The predicted octanol–water partition coefficient (Wildman–Crippen LogP) is 7.13. The van der Waals surface area contributed by atoms with Crippen LogP contribution in [0.1, 0.15) is 49.4 Å². The fourth-order valence-electron chi connectivity index (χ4n) is 5.10. The van der Waals surface area contributed by atoms with Gasteiger partial charge in [0.05, 0.1) is 17.0 Å². The number of carbonyl (C=O) groups is 2. The Morgan fingerprint density at radius 3 is 1.75 bits per heavy atom. The highest BCUT2D eigenvalue weighted by atomic mass is 32.2. The first-order chi connectivity index (χ1) is 22.9. The average molecular weight is 673 g/mol.